The lowest BCUT2D eigenvalue weighted by atomic mass is 10.1. The van der Waals surface area contributed by atoms with Gasteiger partial charge in [-0.1, -0.05) is 12.1 Å². The van der Waals surface area contributed by atoms with E-state index in [1.165, 1.54) is 5.56 Å². The minimum atomic E-state index is 0.467. The maximum absolute atomic E-state index is 5.70. The summed E-state index contributed by atoms with van der Waals surface area (Å²) in [5.74, 6) is 0. The first-order valence-electron chi connectivity index (χ1n) is 7.76. The van der Waals surface area contributed by atoms with Gasteiger partial charge in [0, 0.05) is 44.3 Å². The van der Waals surface area contributed by atoms with E-state index < -0.39 is 0 Å². The van der Waals surface area contributed by atoms with Crippen LogP contribution in [0, 0.1) is 0 Å². The van der Waals surface area contributed by atoms with Crippen LogP contribution in [0.3, 0.4) is 0 Å². The van der Waals surface area contributed by atoms with Crippen LogP contribution >= 0.6 is 0 Å². The number of rotatable bonds is 5. The molecule has 0 unspecified atom stereocenters. The molecule has 4 heteroatoms. The molecule has 1 aromatic carbocycles. The summed E-state index contributed by atoms with van der Waals surface area (Å²) in [6.45, 7) is 6.21. The number of ether oxygens (including phenoxy) is 1. The zero-order valence-electron chi connectivity index (χ0n) is 12.6. The Balaban J connectivity index is 1.54. The maximum atomic E-state index is 5.70. The van der Waals surface area contributed by atoms with Crippen LogP contribution in [0.25, 0.3) is 5.69 Å². The lowest BCUT2D eigenvalue weighted by molar-refractivity contribution is 0.0125. The topological polar surface area (TPSA) is 30.3 Å². The molecule has 0 radical (unpaired) electrons. The highest BCUT2D eigenvalue weighted by atomic mass is 16.5. The first kappa shape index (κ1) is 14.3. The molecule has 1 aliphatic rings. The minimum absolute atomic E-state index is 0.467. The molecule has 3 rings (SSSR count). The van der Waals surface area contributed by atoms with Crippen LogP contribution in [-0.2, 0) is 11.3 Å². The molecule has 0 amide bonds. The van der Waals surface area contributed by atoms with Gasteiger partial charge in [-0.25, -0.2) is 4.98 Å². The summed E-state index contributed by atoms with van der Waals surface area (Å²) >= 11 is 0. The van der Waals surface area contributed by atoms with Crippen molar-refractivity contribution in [2.45, 2.75) is 32.4 Å². The van der Waals surface area contributed by atoms with Gasteiger partial charge in [0.25, 0.3) is 0 Å². The van der Waals surface area contributed by atoms with Crippen molar-refractivity contribution in [1.82, 2.24) is 14.5 Å². The fourth-order valence-corrected chi connectivity index (χ4v) is 2.91. The van der Waals surface area contributed by atoms with Crippen LogP contribution in [0.1, 0.15) is 25.3 Å². The zero-order valence-corrected chi connectivity index (χ0v) is 12.6. The van der Waals surface area contributed by atoms with Crippen molar-refractivity contribution in [3.8, 4) is 5.69 Å². The highest BCUT2D eigenvalue weighted by molar-refractivity contribution is 5.34. The molecule has 0 atom stereocenters. The normalized spacial score (nSPS) is 17.2. The molecule has 0 N–H and O–H groups in total. The molecule has 112 valence electrons. The number of aromatic nitrogens is 2. The first-order chi connectivity index (χ1) is 10.3. The molecule has 1 aliphatic heterocycles. The number of hydrogen-bond donors (Lipinski definition) is 0. The molecule has 1 fully saturated rings. The molecule has 21 heavy (non-hydrogen) atoms. The molecular formula is C17H23N3O. The fourth-order valence-electron chi connectivity index (χ4n) is 2.91. The van der Waals surface area contributed by atoms with Gasteiger partial charge < -0.3 is 9.30 Å². The second kappa shape index (κ2) is 6.87. The smallest absolute Gasteiger partial charge is 0.0991 e. The van der Waals surface area contributed by atoms with Crippen molar-refractivity contribution in [2.75, 3.05) is 19.7 Å². The Labute approximate surface area is 126 Å². The second-order valence-corrected chi connectivity index (χ2v) is 5.57. The summed E-state index contributed by atoms with van der Waals surface area (Å²) in [6.07, 6.45) is 8.37. The molecule has 0 bridgehead atoms. The number of benzene rings is 1. The van der Waals surface area contributed by atoms with Crippen molar-refractivity contribution in [1.29, 1.82) is 0 Å². The molecule has 2 aromatic rings. The van der Waals surface area contributed by atoms with Crippen LogP contribution in [0.4, 0.5) is 0 Å². The van der Waals surface area contributed by atoms with Crippen LogP contribution in [0.5, 0.6) is 0 Å². The highest BCUT2D eigenvalue weighted by Crippen LogP contribution is 2.17. The van der Waals surface area contributed by atoms with E-state index in [1.54, 1.807) is 6.20 Å². The Bertz CT molecular complexity index is 528. The fraction of sp³-hybridized carbons (Fsp3) is 0.471. The molecule has 1 saturated heterocycles. The van der Waals surface area contributed by atoms with Gasteiger partial charge in [0.2, 0.25) is 0 Å². The van der Waals surface area contributed by atoms with Crippen molar-refractivity contribution in [3.63, 3.8) is 0 Å². The zero-order chi connectivity index (χ0) is 14.5. The lowest BCUT2D eigenvalue weighted by Gasteiger charge is -2.31. The van der Waals surface area contributed by atoms with Crippen LogP contribution in [0.2, 0.25) is 0 Å². The third kappa shape index (κ3) is 3.71. The number of likely N-dealkylation sites (tertiary alicyclic amines) is 1. The van der Waals surface area contributed by atoms with Gasteiger partial charge in [-0.2, -0.15) is 0 Å². The molecule has 2 heterocycles. The van der Waals surface area contributed by atoms with Crippen molar-refractivity contribution >= 4 is 0 Å². The van der Waals surface area contributed by atoms with Crippen molar-refractivity contribution in [2.24, 2.45) is 0 Å². The first-order valence-corrected chi connectivity index (χ1v) is 7.76. The number of piperidine rings is 1. The third-order valence-corrected chi connectivity index (χ3v) is 4.08. The average molecular weight is 285 g/mol. The summed E-state index contributed by atoms with van der Waals surface area (Å²) in [5, 5.41) is 0. The third-order valence-electron chi connectivity index (χ3n) is 4.08. The van der Waals surface area contributed by atoms with E-state index in [0.29, 0.717) is 6.10 Å². The summed E-state index contributed by atoms with van der Waals surface area (Å²) in [5.41, 5.74) is 2.53. The van der Waals surface area contributed by atoms with E-state index in [-0.39, 0.29) is 0 Å². The average Bonchev–Trinajstić information content (AvgIpc) is 3.05. The maximum Gasteiger partial charge on any atom is 0.0991 e. The van der Waals surface area contributed by atoms with Crippen LogP contribution < -0.4 is 0 Å². The quantitative estimate of drug-likeness (QED) is 0.846. The SMILES string of the molecule is CCOC1CCN(Cc2ccc(-n3ccnc3)cc2)CC1. The summed E-state index contributed by atoms with van der Waals surface area (Å²) in [7, 11) is 0. The molecule has 0 saturated carbocycles. The second-order valence-electron chi connectivity index (χ2n) is 5.57. The Hall–Kier alpha value is -1.65. The van der Waals surface area contributed by atoms with Crippen LogP contribution in [0.15, 0.2) is 43.0 Å². The van der Waals surface area contributed by atoms with E-state index in [1.807, 2.05) is 17.1 Å². The van der Waals surface area contributed by atoms with Gasteiger partial charge >= 0.3 is 0 Å². The van der Waals surface area contributed by atoms with E-state index >= 15 is 0 Å². The Morgan fingerprint density at radius 3 is 2.57 bits per heavy atom. The highest BCUT2D eigenvalue weighted by Gasteiger charge is 2.19. The van der Waals surface area contributed by atoms with Gasteiger partial charge in [0.05, 0.1) is 12.4 Å². The summed E-state index contributed by atoms with van der Waals surface area (Å²) < 4.78 is 7.73. The van der Waals surface area contributed by atoms with E-state index in [0.717, 1.165) is 44.8 Å². The molecule has 0 aliphatic carbocycles. The predicted octanol–water partition coefficient (Wildman–Crippen LogP) is 2.87. The standard InChI is InChI=1S/C17H23N3O/c1-2-21-17-7-10-19(11-8-17)13-15-3-5-16(6-4-15)20-12-9-18-14-20/h3-6,9,12,14,17H,2,7-8,10-11,13H2,1H3. The van der Waals surface area contributed by atoms with E-state index in [2.05, 4.69) is 41.1 Å². The number of nitrogens with zero attached hydrogens (tertiary/aromatic N) is 3. The summed E-state index contributed by atoms with van der Waals surface area (Å²) in [4.78, 5) is 6.60. The largest absolute Gasteiger partial charge is 0.378 e. The van der Waals surface area contributed by atoms with Gasteiger partial charge in [0.15, 0.2) is 0 Å². The minimum Gasteiger partial charge on any atom is -0.378 e. The van der Waals surface area contributed by atoms with Gasteiger partial charge in [-0.15, -0.1) is 0 Å². The summed E-state index contributed by atoms with van der Waals surface area (Å²) in [6, 6.07) is 8.74. The molecule has 4 nitrogen and oxygen atoms in total. The Morgan fingerprint density at radius 2 is 1.95 bits per heavy atom. The Morgan fingerprint density at radius 1 is 1.19 bits per heavy atom. The van der Waals surface area contributed by atoms with Crippen molar-refractivity contribution in [3.05, 3.63) is 48.5 Å². The van der Waals surface area contributed by atoms with Crippen molar-refractivity contribution < 1.29 is 4.74 Å². The lowest BCUT2D eigenvalue weighted by Crippen LogP contribution is -2.36. The molecular weight excluding hydrogens is 262 g/mol. The van der Waals surface area contributed by atoms with Crippen LogP contribution in [-0.4, -0.2) is 40.3 Å². The number of imidazole rings is 1. The van der Waals surface area contributed by atoms with Gasteiger partial charge in [0.1, 0.15) is 0 Å². The molecule has 0 spiro atoms. The van der Waals surface area contributed by atoms with Gasteiger partial charge in [-0.05, 0) is 37.5 Å². The van der Waals surface area contributed by atoms with E-state index in [4.69, 9.17) is 4.74 Å². The number of hydrogen-bond acceptors (Lipinski definition) is 3. The molecule has 1 aromatic heterocycles. The van der Waals surface area contributed by atoms with E-state index in [9.17, 15) is 0 Å². The monoisotopic (exact) mass is 285 g/mol. The van der Waals surface area contributed by atoms with Gasteiger partial charge in [-0.3, -0.25) is 4.90 Å². The predicted molar refractivity (Wildman–Crippen MR) is 83.5 cm³/mol. The Kier molecular flexibility index (Phi) is 4.68.